The zero-order chi connectivity index (χ0) is 29.1. The second-order valence-electron chi connectivity index (χ2n) is 10.9. The lowest BCUT2D eigenvalue weighted by molar-refractivity contribution is -0.346. The van der Waals surface area contributed by atoms with Crippen LogP contribution in [0.4, 0.5) is 0 Å². The van der Waals surface area contributed by atoms with Gasteiger partial charge in [0.15, 0.2) is 18.7 Å². The standard InChI is InChI=1S/C26H34O14/c1-9-16(28)19(31)21(33)24(36-9)35-8-14-18(30)20(32)22(34)25(39-14)40-26(2,3)23-17(29)11-6-10-4-5-15(27)37-12(10)7-13(11)38-23/h4-7,9,14,16-25,28-34H,8H2,1-3H3. The van der Waals surface area contributed by atoms with Crippen LogP contribution < -0.4 is 10.4 Å². The van der Waals surface area contributed by atoms with Crippen molar-refractivity contribution >= 4 is 11.0 Å². The summed E-state index contributed by atoms with van der Waals surface area (Å²) in [5.74, 6) is 0.274. The SMILES string of the molecule is CC1OC(OCC2OC(OC(C)(C)C3Oc4cc5oc(=O)ccc5cc4C3O)C(O)C(O)C2O)C(O)C(O)C1O. The molecule has 40 heavy (non-hydrogen) atoms. The molecule has 14 nitrogen and oxygen atoms in total. The molecule has 2 aromatic rings. The zero-order valence-electron chi connectivity index (χ0n) is 21.9. The number of hydrogen-bond donors (Lipinski definition) is 7. The van der Waals surface area contributed by atoms with Gasteiger partial charge in [0.1, 0.15) is 65.8 Å². The highest BCUT2D eigenvalue weighted by atomic mass is 16.7. The average Bonchev–Trinajstić information content (AvgIpc) is 3.24. The molecule has 0 amide bonds. The van der Waals surface area contributed by atoms with Crippen molar-refractivity contribution in [2.75, 3.05) is 6.61 Å². The Morgan fingerprint density at radius 2 is 1.52 bits per heavy atom. The molecule has 3 aliphatic heterocycles. The molecule has 0 spiro atoms. The minimum absolute atomic E-state index is 0.271. The first-order valence-electron chi connectivity index (χ1n) is 12.9. The zero-order valence-corrected chi connectivity index (χ0v) is 21.9. The van der Waals surface area contributed by atoms with Crippen LogP contribution in [-0.2, 0) is 18.9 Å². The number of hydrogen-bond acceptors (Lipinski definition) is 14. The maximum Gasteiger partial charge on any atom is 0.336 e. The lowest BCUT2D eigenvalue weighted by atomic mass is 9.93. The van der Waals surface area contributed by atoms with E-state index in [1.165, 1.54) is 19.1 Å². The summed E-state index contributed by atoms with van der Waals surface area (Å²) in [6.07, 6.45) is -16.7. The van der Waals surface area contributed by atoms with E-state index in [1.807, 2.05) is 0 Å². The van der Waals surface area contributed by atoms with E-state index in [2.05, 4.69) is 0 Å². The molecule has 4 heterocycles. The van der Waals surface area contributed by atoms with Crippen LogP contribution in [0.15, 0.2) is 33.5 Å². The van der Waals surface area contributed by atoms with Gasteiger partial charge in [0.2, 0.25) is 0 Å². The average molecular weight is 571 g/mol. The van der Waals surface area contributed by atoms with Crippen LogP contribution >= 0.6 is 0 Å². The van der Waals surface area contributed by atoms with Crippen LogP contribution in [0.1, 0.15) is 32.4 Å². The minimum Gasteiger partial charge on any atom is -0.484 e. The van der Waals surface area contributed by atoms with E-state index in [9.17, 15) is 40.5 Å². The predicted octanol–water partition coefficient (Wildman–Crippen LogP) is -1.97. The summed E-state index contributed by atoms with van der Waals surface area (Å²) in [5.41, 5.74) is -1.18. The fraction of sp³-hybridized carbons (Fsp3) is 0.654. The van der Waals surface area contributed by atoms with Gasteiger partial charge in [-0.2, -0.15) is 0 Å². The highest BCUT2D eigenvalue weighted by Gasteiger charge is 2.51. The number of aliphatic hydroxyl groups is 7. The van der Waals surface area contributed by atoms with Crippen molar-refractivity contribution in [1.29, 1.82) is 0 Å². The highest BCUT2D eigenvalue weighted by molar-refractivity contribution is 5.80. The Bertz CT molecular complexity index is 1260. The van der Waals surface area contributed by atoms with Gasteiger partial charge in [0.25, 0.3) is 0 Å². The van der Waals surface area contributed by atoms with Crippen molar-refractivity contribution in [3.05, 3.63) is 40.2 Å². The molecule has 12 unspecified atom stereocenters. The summed E-state index contributed by atoms with van der Waals surface area (Å²) in [7, 11) is 0. The summed E-state index contributed by atoms with van der Waals surface area (Å²) >= 11 is 0. The van der Waals surface area contributed by atoms with Gasteiger partial charge in [-0.15, -0.1) is 0 Å². The molecule has 0 radical (unpaired) electrons. The van der Waals surface area contributed by atoms with E-state index in [0.717, 1.165) is 0 Å². The van der Waals surface area contributed by atoms with E-state index < -0.39 is 91.5 Å². The van der Waals surface area contributed by atoms with Gasteiger partial charge in [-0.25, -0.2) is 4.79 Å². The molecular weight excluding hydrogens is 536 g/mol. The lowest BCUT2D eigenvalue weighted by Crippen LogP contribution is -2.62. The van der Waals surface area contributed by atoms with E-state index in [1.54, 1.807) is 26.0 Å². The number of ether oxygens (including phenoxy) is 5. The first-order valence-corrected chi connectivity index (χ1v) is 12.9. The molecule has 2 fully saturated rings. The summed E-state index contributed by atoms with van der Waals surface area (Å²) in [6, 6.07) is 5.94. The molecule has 7 N–H and O–H groups in total. The molecule has 5 rings (SSSR count). The third kappa shape index (κ3) is 5.26. The first-order chi connectivity index (χ1) is 18.8. The van der Waals surface area contributed by atoms with E-state index in [4.69, 9.17) is 28.1 Å². The van der Waals surface area contributed by atoms with Crippen LogP contribution in [0, 0.1) is 0 Å². The monoisotopic (exact) mass is 570 g/mol. The minimum atomic E-state index is -1.72. The molecule has 3 aliphatic rings. The predicted molar refractivity (Wildman–Crippen MR) is 132 cm³/mol. The number of benzene rings is 1. The Morgan fingerprint density at radius 1 is 0.850 bits per heavy atom. The lowest BCUT2D eigenvalue weighted by Gasteiger charge is -2.45. The first kappa shape index (κ1) is 29.3. The van der Waals surface area contributed by atoms with Gasteiger partial charge < -0.3 is 63.8 Å². The topological polar surface area (TPSA) is 218 Å². The molecule has 12 atom stereocenters. The third-order valence-corrected chi connectivity index (χ3v) is 7.62. The van der Waals surface area contributed by atoms with E-state index in [0.29, 0.717) is 10.9 Å². The van der Waals surface area contributed by atoms with Crippen LogP contribution in [-0.4, -0.2) is 115 Å². The molecule has 0 bridgehead atoms. The summed E-state index contributed by atoms with van der Waals surface area (Å²) in [5, 5.41) is 73.3. The van der Waals surface area contributed by atoms with Crippen LogP contribution in [0.2, 0.25) is 0 Å². The van der Waals surface area contributed by atoms with Crippen LogP contribution in [0.25, 0.3) is 11.0 Å². The Kier molecular flexibility index (Phi) is 7.97. The summed E-state index contributed by atoms with van der Waals surface area (Å²) in [4.78, 5) is 11.6. The van der Waals surface area contributed by atoms with Crippen molar-refractivity contribution in [2.45, 2.75) is 100.0 Å². The quantitative estimate of drug-likeness (QED) is 0.188. The molecule has 2 saturated heterocycles. The molecular formula is C26H34O14. The van der Waals surface area contributed by atoms with Crippen molar-refractivity contribution < 1.29 is 63.8 Å². The maximum absolute atomic E-state index is 11.6. The summed E-state index contributed by atoms with van der Waals surface area (Å²) in [6.45, 7) is 4.18. The molecule has 222 valence electrons. The van der Waals surface area contributed by atoms with Crippen LogP contribution in [0.5, 0.6) is 5.75 Å². The van der Waals surface area contributed by atoms with Crippen molar-refractivity contribution in [3.63, 3.8) is 0 Å². The van der Waals surface area contributed by atoms with Gasteiger partial charge in [-0.05, 0) is 32.9 Å². The fourth-order valence-electron chi connectivity index (χ4n) is 5.19. The van der Waals surface area contributed by atoms with Gasteiger partial charge in [0.05, 0.1) is 12.7 Å². The second kappa shape index (κ2) is 10.9. The van der Waals surface area contributed by atoms with Gasteiger partial charge in [-0.3, -0.25) is 0 Å². The van der Waals surface area contributed by atoms with Gasteiger partial charge in [-0.1, -0.05) is 0 Å². The third-order valence-electron chi connectivity index (χ3n) is 7.62. The van der Waals surface area contributed by atoms with Crippen LogP contribution in [0.3, 0.4) is 0 Å². The van der Waals surface area contributed by atoms with Crippen molar-refractivity contribution in [1.82, 2.24) is 0 Å². The highest BCUT2D eigenvalue weighted by Crippen LogP contribution is 2.44. The van der Waals surface area contributed by atoms with Crippen molar-refractivity contribution in [2.24, 2.45) is 0 Å². The Labute approximate surface area is 227 Å². The fourth-order valence-corrected chi connectivity index (χ4v) is 5.19. The van der Waals surface area contributed by atoms with Gasteiger partial charge >= 0.3 is 5.63 Å². The second-order valence-corrected chi connectivity index (χ2v) is 10.9. The molecule has 14 heteroatoms. The molecule has 0 aliphatic carbocycles. The number of fused-ring (bicyclic) bond motifs is 2. The normalized spacial score (nSPS) is 40.1. The Morgan fingerprint density at radius 3 is 2.25 bits per heavy atom. The van der Waals surface area contributed by atoms with E-state index in [-0.39, 0.29) is 11.3 Å². The molecule has 1 aromatic carbocycles. The molecule has 0 saturated carbocycles. The summed E-state index contributed by atoms with van der Waals surface area (Å²) < 4.78 is 33.7. The molecule has 1 aromatic heterocycles. The maximum atomic E-state index is 11.6. The number of aliphatic hydroxyl groups excluding tert-OH is 7. The Balaban J connectivity index is 1.28. The van der Waals surface area contributed by atoms with Gasteiger partial charge in [0, 0.05) is 23.1 Å². The smallest absolute Gasteiger partial charge is 0.336 e. The van der Waals surface area contributed by atoms with E-state index >= 15 is 0 Å². The Hall–Kier alpha value is -2.21. The number of rotatable bonds is 6. The largest absolute Gasteiger partial charge is 0.484 e. The van der Waals surface area contributed by atoms with Crippen molar-refractivity contribution in [3.8, 4) is 5.75 Å².